The SMILES string of the molecule is NC(Cc1cc(F)cc(Br)c1)c1ccc(Br)o1. The molecular formula is C12H10Br2FNO. The van der Waals surface area contributed by atoms with E-state index in [-0.39, 0.29) is 11.9 Å². The zero-order valence-corrected chi connectivity index (χ0v) is 12.0. The van der Waals surface area contributed by atoms with Gasteiger partial charge in [-0.1, -0.05) is 15.9 Å². The molecule has 0 saturated heterocycles. The molecule has 2 rings (SSSR count). The lowest BCUT2D eigenvalue weighted by Gasteiger charge is -2.09. The molecule has 2 nitrogen and oxygen atoms in total. The van der Waals surface area contributed by atoms with Gasteiger partial charge in [0.25, 0.3) is 0 Å². The zero-order valence-electron chi connectivity index (χ0n) is 8.79. The van der Waals surface area contributed by atoms with Crippen molar-refractivity contribution in [2.75, 3.05) is 0 Å². The minimum atomic E-state index is -0.282. The van der Waals surface area contributed by atoms with E-state index in [9.17, 15) is 4.39 Å². The summed E-state index contributed by atoms with van der Waals surface area (Å²) in [5, 5.41) is 0. The number of furan rings is 1. The van der Waals surface area contributed by atoms with Gasteiger partial charge in [0, 0.05) is 4.47 Å². The van der Waals surface area contributed by atoms with Gasteiger partial charge >= 0.3 is 0 Å². The van der Waals surface area contributed by atoms with Crippen LogP contribution in [0.5, 0.6) is 0 Å². The third-order valence-electron chi connectivity index (χ3n) is 2.34. The first-order valence-corrected chi connectivity index (χ1v) is 6.59. The molecule has 0 fully saturated rings. The van der Waals surface area contributed by atoms with Crippen LogP contribution in [0.25, 0.3) is 0 Å². The van der Waals surface area contributed by atoms with E-state index in [0.717, 1.165) is 5.56 Å². The molecule has 1 aromatic heterocycles. The number of nitrogens with two attached hydrogens (primary N) is 1. The molecule has 90 valence electrons. The predicted molar refractivity (Wildman–Crippen MR) is 71.1 cm³/mol. The van der Waals surface area contributed by atoms with Gasteiger partial charge in [-0.05, 0) is 58.2 Å². The molecule has 0 aliphatic carbocycles. The molecule has 1 aromatic carbocycles. The molecule has 0 aliphatic heterocycles. The fourth-order valence-corrected chi connectivity index (χ4v) is 2.44. The fourth-order valence-electron chi connectivity index (χ4n) is 1.61. The maximum absolute atomic E-state index is 13.2. The van der Waals surface area contributed by atoms with Crippen LogP contribution in [-0.4, -0.2) is 0 Å². The standard InChI is InChI=1S/C12H10Br2FNO/c13-8-3-7(4-9(15)6-8)5-10(16)11-1-2-12(14)17-11/h1-4,6,10H,5,16H2. The number of halogens is 3. The number of rotatable bonds is 3. The Hall–Kier alpha value is -0.650. The number of benzene rings is 1. The molecule has 1 heterocycles. The van der Waals surface area contributed by atoms with Crippen LogP contribution in [0.3, 0.4) is 0 Å². The van der Waals surface area contributed by atoms with Crippen molar-refractivity contribution in [1.82, 2.24) is 0 Å². The van der Waals surface area contributed by atoms with Crippen LogP contribution in [0.4, 0.5) is 4.39 Å². The predicted octanol–water partition coefficient (Wildman–Crippen LogP) is 4.19. The van der Waals surface area contributed by atoms with Crippen LogP contribution in [0.15, 0.2) is 43.9 Å². The van der Waals surface area contributed by atoms with E-state index in [0.29, 0.717) is 21.3 Å². The lowest BCUT2D eigenvalue weighted by molar-refractivity contribution is 0.447. The van der Waals surface area contributed by atoms with E-state index in [4.69, 9.17) is 10.2 Å². The summed E-state index contributed by atoms with van der Waals surface area (Å²) in [4.78, 5) is 0. The first-order valence-electron chi connectivity index (χ1n) is 5.00. The first kappa shape index (κ1) is 12.8. The molecule has 5 heteroatoms. The van der Waals surface area contributed by atoms with Gasteiger partial charge in [0.1, 0.15) is 11.6 Å². The summed E-state index contributed by atoms with van der Waals surface area (Å²) in [5.41, 5.74) is 6.82. The molecule has 2 N–H and O–H groups in total. The Kier molecular flexibility index (Phi) is 4.01. The number of hydrogen-bond acceptors (Lipinski definition) is 2. The normalized spacial score (nSPS) is 12.7. The highest BCUT2D eigenvalue weighted by molar-refractivity contribution is 9.10. The molecule has 1 unspecified atom stereocenters. The molecule has 0 saturated carbocycles. The van der Waals surface area contributed by atoms with Crippen molar-refractivity contribution in [1.29, 1.82) is 0 Å². The average molecular weight is 363 g/mol. The van der Waals surface area contributed by atoms with Gasteiger partial charge in [-0.25, -0.2) is 4.39 Å². The van der Waals surface area contributed by atoms with Crippen molar-refractivity contribution < 1.29 is 8.81 Å². The van der Waals surface area contributed by atoms with Gasteiger partial charge < -0.3 is 10.2 Å². The van der Waals surface area contributed by atoms with Gasteiger partial charge in [0.05, 0.1) is 6.04 Å². The topological polar surface area (TPSA) is 39.2 Å². The lowest BCUT2D eigenvalue weighted by Crippen LogP contribution is -2.12. The summed E-state index contributed by atoms with van der Waals surface area (Å²) in [6, 6.07) is 8.05. The molecule has 17 heavy (non-hydrogen) atoms. The number of hydrogen-bond donors (Lipinski definition) is 1. The van der Waals surface area contributed by atoms with E-state index in [1.54, 1.807) is 6.07 Å². The molecule has 0 radical (unpaired) electrons. The van der Waals surface area contributed by atoms with Crippen LogP contribution in [0, 0.1) is 5.82 Å². The summed E-state index contributed by atoms with van der Waals surface area (Å²) in [7, 11) is 0. The van der Waals surface area contributed by atoms with E-state index in [1.807, 2.05) is 12.1 Å². The zero-order chi connectivity index (χ0) is 12.4. The largest absolute Gasteiger partial charge is 0.453 e. The molecule has 0 amide bonds. The molecule has 0 bridgehead atoms. The Morgan fingerprint density at radius 3 is 2.59 bits per heavy atom. The van der Waals surface area contributed by atoms with Crippen molar-refractivity contribution >= 4 is 31.9 Å². The summed E-state index contributed by atoms with van der Waals surface area (Å²) in [5.74, 6) is 0.402. The monoisotopic (exact) mass is 361 g/mol. The lowest BCUT2D eigenvalue weighted by atomic mass is 10.0. The minimum Gasteiger partial charge on any atom is -0.453 e. The smallest absolute Gasteiger partial charge is 0.169 e. The highest BCUT2D eigenvalue weighted by Crippen LogP contribution is 2.23. The third-order valence-corrected chi connectivity index (χ3v) is 3.22. The average Bonchev–Trinajstić information content (AvgIpc) is 2.63. The molecule has 0 spiro atoms. The second-order valence-electron chi connectivity index (χ2n) is 3.73. The fraction of sp³-hybridized carbons (Fsp3) is 0.167. The van der Waals surface area contributed by atoms with Gasteiger partial charge in [0.2, 0.25) is 0 Å². The minimum absolute atomic E-state index is 0.276. The first-order chi connectivity index (χ1) is 8.04. The Balaban J connectivity index is 2.15. The maximum Gasteiger partial charge on any atom is 0.169 e. The second-order valence-corrected chi connectivity index (χ2v) is 5.43. The van der Waals surface area contributed by atoms with Crippen LogP contribution in [-0.2, 0) is 6.42 Å². The summed E-state index contributed by atoms with van der Waals surface area (Å²) in [6.45, 7) is 0. The second kappa shape index (κ2) is 5.33. The van der Waals surface area contributed by atoms with Crippen molar-refractivity contribution in [3.05, 3.63) is 56.6 Å². The summed E-state index contributed by atoms with van der Waals surface area (Å²) in [6.07, 6.45) is 0.524. The summed E-state index contributed by atoms with van der Waals surface area (Å²) >= 11 is 6.47. The van der Waals surface area contributed by atoms with E-state index < -0.39 is 0 Å². The van der Waals surface area contributed by atoms with E-state index >= 15 is 0 Å². The Morgan fingerprint density at radius 2 is 2.00 bits per heavy atom. The Labute approximate surface area is 115 Å². The Morgan fingerprint density at radius 1 is 1.24 bits per heavy atom. The highest BCUT2D eigenvalue weighted by Gasteiger charge is 2.12. The van der Waals surface area contributed by atoms with E-state index in [1.165, 1.54) is 12.1 Å². The highest BCUT2D eigenvalue weighted by atomic mass is 79.9. The van der Waals surface area contributed by atoms with Gasteiger partial charge in [0.15, 0.2) is 4.67 Å². The van der Waals surface area contributed by atoms with Crippen LogP contribution in [0.2, 0.25) is 0 Å². The van der Waals surface area contributed by atoms with Crippen LogP contribution < -0.4 is 5.73 Å². The van der Waals surface area contributed by atoms with Gasteiger partial charge in [-0.3, -0.25) is 0 Å². The molecule has 1 atom stereocenters. The van der Waals surface area contributed by atoms with Crippen molar-refractivity contribution in [2.45, 2.75) is 12.5 Å². The van der Waals surface area contributed by atoms with Gasteiger partial charge in [-0.15, -0.1) is 0 Å². The van der Waals surface area contributed by atoms with Crippen LogP contribution >= 0.6 is 31.9 Å². The third kappa shape index (κ3) is 3.40. The quantitative estimate of drug-likeness (QED) is 0.889. The van der Waals surface area contributed by atoms with Gasteiger partial charge in [-0.2, -0.15) is 0 Å². The molecule has 2 aromatic rings. The molecular weight excluding hydrogens is 353 g/mol. The molecule has 0 aliphatic rings. The van der Waals surface area contributed by atoms with E-state index in [2.05, 4.69) is 31.9 Å². The maximum atomic E-state index is 13.2. The summed E-state index contributed by atoms with van der Waals surface area (Å²) < 4.78 is 19.9. The van der Waals surface area contributed by atoms with Crippen molar-refractivity contribution in [2.24, 2.45) is 5.73 Å². The van der Waals surface area contributed by atoms with Crippen molar-refractivity contribution in [3.63, 3.8) is 0 Å². The van der Waals surface area contributed by atoms with Crippen molar-refractivity contribution in [3.8, 4) is 0 Å². The van der Waals surface area contributed by atoms with Crippen LogP contribution in [0.1, 0.15) is 17.4 Å². The Bertz CT molecular complexity index is 507.